The molecule has 1 heterocycles. The molecule has 0 radical (unpaired) electrons. The number of benzene rings is 1. The summed E-state index contributed by atoms with van der Waals surface area (Å²) in [7, 11) is 0. The van der Waals surface area contributed by atoms with Gasteiger partial charge in [0.15, 0.2) is 0 Å². The van der Waals surface area contributed by atoms with Crippen molar-refractivity contribution in [1.29, 1.82) is 0 Å². The van der Waals surface area contributed by atoms with Crippen molar-refractivity contribution in [2.24, 2.45) is 11.3 Å². The lowest BCUT2D eigenvalue weighted by Gasteiger charge is -2.43. The lowest BCUT2D eigenvalue weighted by Crippen LogP contribution is -2.54. The molecule has 4 amide bonds. The van der Waals surface area contributed by atoms with Gasteiger partial charge in [-0.15, -0.1) is 0 Å². The fourth-order valence-electron chi connectivity index (χ4n) is 4.66. The first-order valence-corrected chi connectivity index (χ1v) is 9.21. The highest BCUT2D eigenvalue weighted by Crippen LogP contribution is 2.46. The van der Waals surface area contributed by atoms with Crippen LogP contribution in [0.25, 0.3) is 0 Å². The molecule has 6 nitrogen and oxygen atoms in total. The van der Waals surface area contributed by atoms with Crippen LogP contribution in [0, 0.1) is 24.1 Å². The SMILES string of the molecule is Cc1ccc(NC(=O)CN2C(=O)NC3(CC(C)CC(C)(C)C3)C2=O)cc1F. The predicted octanol–water partition coefficient (Wildman–Crippen LogP) is 3.21. The largest absolute Gasteiger partial charge is 0.325 e. The minimum Gasteiger partial charge on any atom is -0.324 e. The molecule has 1 saturated carbocycles. The van der Waals surface area contributed by atoms with Gasteiger partial charge in [0.25, 0.3) is 5.91 Å². The Hall–Kier alpha value is -2.44. The molecule has 2 fully saturated rings. The zero-order chi connectivity index (χ0) is 20.0. The highest BCUT2D eigenvalue weighted by molar-refractivity contribution is 6.10. The van der Waals surface area contributed by atoms with Gasteiger partial charge in [0, 0.05) is 5.69 Å². The Morgan fingerprint density at radius 2 is 2.04 bits per heavy atom. The Bertz CT molecular complexity index is 808. The second-order valence-corrected chi connectivity index (χ2v) is 8.77. The van der Waals surface area contributed by atoms with E-state index in [9.17, 15) is 18.8 Å². The summed E-state index contributed by atoms with van der Waals surface area (Å²) in [5, 5.41) is 5.38. The van der Waals surface area contributed by atoms with Gasteiger partial charge in [0.1, 0.15) is 17.9 Å². The van der Waals surface area contributed by atoms with E-state index in [2.05, 4.69) is 31.4 Å². The zero-order valence-corrected chi connectivity index (χ0v) is 16.2. The molecule has 1 aliphatic heterocycles. The normalized spacial score (nSPS) is 27.0. The van der Waals surface area contributed by atoms with Crippen molar-refractivity contribution in [3.05, 3.63) is 29.6 Å². The first kappa shape index (κ1) is 19.3. The highest BCUT2D eigenvalue weighted by Gasteiger charge is 2.56. The average Bonchev–Trinajstić information content (AvgIpc) is 2.72. The lowest BCUT2D eigenvalue weighted by molar-refractivity contribution is -0.136. The molecule has 146 valence electrons. The Labute approximate surface area is 158 Å². The third kappa shape index (κ3) is 3.82. The number of hydrogen-bond donors (Lipinski definition) is 2. The van der Waals surface area contributed by atoms with Gasteiger partial charge in [0.2, 0.25) is 5.91 Å². The molecule has 2 N–H and O–H groups in total. The molecule has 2 aliphatic rings. The first-order valence-electron chi connectivity index (χ1n) is 9.21. The summed E-state index contributed by atoms with van der Waals surface area (Å²) in [6.45, 7) is 7.48. The maximum atomic E-state index is 13.6. The molecule has 2 unspecified atom stereocenters. The quantitative estimate of drug-likeness (QED) is 0.797. The number of carbonyl (C=O) groups excluding carboxylic acids is 3. The fourth-order valence-corrected chi connectivity index (χ4v) is 4.66. The zero-order valence-electron chi connectivity index (χ0n) is 16.2. The van der Waals surface area contributed by atoms with E-state index in [1.165, 1.54) is 6.07 Å². The Balaban J connectivity index is 1.72. The van der Waals surface area contributed by atoms with E-state index in [-0.39, 0.29) is 17.0 Å². The van der Waals surface area contributed by atoms with Crippen molar-refractivity contribution in [3.8, 4) is 0 Å². The minimum absolute atomic E-state index is 0.0711. The summed E-state index contributed by atoms with van der Waals surface area (Å²) in [6, 6.07) is 3.80. The number of rotatable bonds is 3. The molecular weight excluding hydrogens is 349 g/mol. The fraction of sp³-hybridized carbons (Fsp3) is 0.550. The smallest absolute Gasteiger partial charge is 0.324 e. The number of nitrogens with zero attached hydrogens (tertiary/aromatic N) is 1. The Kier molecular flexibility index (Phi) is 4.74. The summed E-state index contributed by atoms with van der Waals surface area (Å²) < 4.78 is 13.6. The van der Waals surface area contributed by atoms with E-state index in [1.807, 2.05) is 0 Å². The molecular formula is C20H26FN3O3. The molecule has 27 heavy (non-hydrogen) atoms. The lowest BCUT2D eigenvalue weighted by atomic mass is 9.64. The van der Waals surface area contributed by atoms with Gasteiger partial charge in [-0.05, 0) is 55.2 Å². The van der Waals surface area contributed by atoms with Crippen LogP contribution in [0.15, 0.2) is 18.2 Å². The van der Waals surface area contributed by atoms with Gasteiger partial charge in [-0.25, -0.2) is 9.18 Å². The van der Waals surface area contributed by atoms with Crippen molar-refractivity contribution >= 4 is 23.5 Å². The number of nitrogens with one attached hydrogen (secondary N) is 2. The predicted molar refractivity (Wildman–Crippen MR) is 99.5 cm³/mol. The van der Waals surface area contributed by atoms with Gasteiger partial charge >= 0.3 is 6.03 Å². The van der Waals surface area contributed by atoms with Crippen LogP contribution in [-0.4, -0.2) is 34.8 Å². The van der Waals surface area contributed by atoms with E-state index in [0.717, 1.165) is 11.3 Å². The van der Waals surface area contributed by atoms with Crippen LogP contribution in [0.2, 0.25) is 0 Å². The van der Waals surface area contributed by atoms with Crippen molar-refractivity contribution in [1.82, 2.24) is 10.2 Å². The maximum absolute atomic E-state index is 13.6. The standard InChI is InChI=1S/C20H26FN3O3/c1-12-8-19(3,4)11-20(9-12)17(26)24(18(27)23-20)10-16(25)22-14-6-5-13(2)15(21)7-14/h5-7,12H,8-11H2,1-4H3,(H,22,25)(H,23,27). The number of imide groups is 1. The number of anilines is 1. The Morgan fingerprint density at radius 1 is 1.33 bits per heavy atom. The van der Waals surface area contributed by atoms with E-state index in [1.54, 1.807) is 19.1 Å². The molecule has 3 rings (SSSR count). The molecule has 2 atom stereocenters. The topological polar surface area (TPSA) is 78.5 Å². The van der Waals surface area contributed by atoms with Gasteiger partial charge in [-0.2, -0.15) is 0 Å². The van der Waals surface area contributed by atoms with Crippen LogP contribution < -0.4 is 10.6 Å². The van der Waals surface area contributed by atoms with Crippen LogP contribution in [0.1, 0.15) is 45.6 Å². The molecule has 7 heteroatoms. The van der Waals surface area contributed by atoms with E-state index in [4.69, 9.17) is 0 Å². The van der Waals surface area contributed by atoms with Crippen molar-refractivity contribution in [2.45, 2.75) is 52.5 Å². The number of aryl methyl sites for hydroxylation is 1. The third-order valence-corrected chi connectivity index (χ3v) is 5.38. The molecule has 1 spiro atoms. The van der Waals surface area contributed by atoms with Crippen molar-refractivity contribution in [3.63, 3.8) is 0 Å². The number of carbonyl (C=O) groups is 3. The van der Waals surface area contributed by atoms with Crippen LogP contribution in [0.4, 0.5) is 14.9 Å². The molecule has 1 aromatic carbocycles. The number of hydrogen-bond acceptors (Lipinski definition) is 3. The number of halogens is 1. The molecule has 1 saturated heterocycles. The maximum Gasteiger partial charge on any atom is 0.325 e. The summed E-state index contributed by atoms with van der Waals surface area (Å²) in [4.78, 5) is 38.7. The van der Waals surface area contributed by atoms with E-state index in [0.29, 0.717) is 24.3 Å². The van der Waals surface area contributed by atoms with E-state index >= 15 is 0 Å². The second-order valence-electron chi connectivity index (χ2n) is 8.77. The van der Waals surface area contributed by atoms with Crippen molar-refractivity contribution < 1.29 is 18.8 Å². The van der Waals surface area contributed by atoms with Crippen LogP contribution in [0.5, 0.6) is 0 Å². The molecule has 1 aromatic rings. The number of urea groups is 1. The highest BCUT2D eigenvalue weighted by atomic mass is 19.1. The molecule has 0 bridgehead atoms. The van der Waals surface area contributed by atoms with Gasteiger partial charge in [-0.1, -0.05) is 26.8 Å². The average molecular weight is 375 g/mol. The van der Waals surface area contributed by atoms with Crippen LogP contribution >= 0.6 is 0 Å². The Morgan fingerprint density at radius 3 is 2.67 bits per heavy atom. The van der Waals surface area contributed by atoms with Gasteiger partial charge in [-0.3, -0.25) is 14.5 Å². The van der Waals surface area contributed by atoms with Gasteiger partial charge < -0.3 is 10.6 Å². The summed E-state index contributed by atoms with van der Waals surface area (Å²) >= 11 is 0. The second kappa shape index (κ2) is 6.62. The summed E-state index contributed by atoms with van der Waals surface area (Å²) in [6.07, 6.45) is 2.11. The van der Waals surface area contributed by atoms with E-state index < -0.39 is 29.8 Å². The monoisotopic (exact) mass is 375 g/mol. The summed E-state index contributed by atoms with van der Waals surface area (Å²) in [5.74, 6) is -1.03. The molecule has 1 aliphatic carbocycles. The third-order valence-electron chi connectivity index (χ3n) is 5.38. The molecule has 0 aromatic heterocycles. The van der Waals surface area contributed by atoms with Crippen LogP contribution in [0.3, 0.4) is 0 Å². The first-order chi connectivity index (χ1) is 12.5. The minimum atomic E-state index is -0.936. The summed E-state index contributed by atoms with van der Waals surface area (Å²) in [5.41, 5.74) is -0.248. The number of amides is 4. The van der Waals surface area contributed by atoms with Crippen LogP contribution in [-0.2, 0) is 9.59 Å². The van der Waals surface area contributed by atoms with Gasteiger partial charge in [0.05, 0.1) is 0 Å². The van der Waals surface area contributed by atoms with Crippen molar-refractivity contribution in [2.75, 3.05) is 11.9 Å².